The minimum atomic E-state index is -5.35. The molecule has 0 spiro atoms. The molecule has 2 nitrogen and oxygen atoms in total. The first-order valence-corrected chi connectivity index (χ1v) is 3.16. The Morgan fingerprint density at radius 2 is 1.54 bits per heavy atom. The normalized spacial score (nSPS) is 17.3. The van der Waals surface area contributed by atoms with Gasteiger partial charge in [-0.15, -0.1) is 0 Å². The van der Waals surface area contributed by atoms with Crippen molar-refractivity contribution in [1.82, 2.24) is 0 Å². The first-order valence-electron chi connectivity index (χ1n) is 2.64. The van der Waals surface area contributed by atoms with Crippen LogP contribution in [0.15, 0.2) is 5.16 Å². The fourth-order valence-corrected chi connectivity index (χ4v) is 0.619. The van der Waals surface area contributed by atoms with Crippen LogP contribution in [0.3, 0.4) is 0 Å². The molecule has 13 heavy (non-hydrogen) atoms. The van der Waals surface area contributed by atoms with Crippen molar-refractivity contribution in [2.24, 2.45) is 5.16 Å². The van der Waals surface area contributed by atoms with E-state index in [4.69, 9.17) is 5.21 Å². The van der Waals surface area contributed by atoms with Crippen molar-refractivity contribution in [2.75, 3.05) is 0 Å². The van der Waals surface area contributed by atoms with Gasteiger partial charge >= 0.3 is 12.4 Å². The second kappa shape index (κ2) is 3.64. The maximum Gasteiger partial charge on any atom is 0.434 e. The SMILES string of the molecule is O/N=C(/C(S)C(F)(F)F)C(F)(F)F. The Morgan fingerprint density at radius 3 is 1.62 bits per heavy atom. The van der Waals surface area contributed by atoms with Crippen LogP contribution in [0.1, 0.15) is 0 Å². The minimum absolute atomic E-state index is 1.52. The van der Waals surface area contributed by atoms with Crippen LogP contribution < -0.4 is 0 Å². The summed E-state index contributed by atoms with van der Waals surface area (Å²) in [6.07, 6.45) is -10.6. The van der Waals surface area contributed by atoms with Gasteiger partial charge in [0.05, 0.1) is 0 Å². The van der Waals surface area contributed by atoms with Crippen LogP contribution in [0.5, 0.6) is 0 Å². The third kappa shape index (κ3) is 3.33. The van der Waals surface area contributed by atoms with Gasteiger partial charge in [-0.25, -0.2) is 0 Å². The van der Waals surface area contributed by atoms with Crippen molar-refractivity contribution < 1.29 is 31.5 Å². The molecule has 1 unspecified atom stereocenters. The topological polar surface area (TPSA) is 32.6 Å². The lowest BCUT2D eigenvalue weighted by molar-refractivity contribution is -0.126. The summed E-state index contributed by atoms with van der Waals surface area (Å²) in [6.45, 7) is 0. The average molecular weight is 227 g/mol. The summed E-state index contributed by atoms with van der Waals surface area (Å²) in [5.41, 5.74) is -2.39. The zero-order chi connectivity index (χ0) is 10.9. The highest BCUT2D eigenvalue weighted by molar-refractivity contribution is 7.82. The molecule has 0 aliphatic carbocycles. The van der Waals surface area contributed by atoms with Crippen molar-refractivity contribution in [3.63, 3.8) is 0 Å². The van der Waals surface area contributed by atoms with Crippen molar-refractivity contribution in [3.8, 4) is 0 Å². The van der Waals surface area contributed by atoms with Crippen LogP contribution in [0, 0.1) is 0 Å². The van der Waals surface area contributed by atoms with Crippen LogP contribution in [-0.2, 0) is 0 Å². The zero-order valence-electron chi connectivity index (χ0n) is 5.69. The summed E-state index contributed by atoms with van der Waals surface area (Å²) in [4.78, 5) is 0. The second-order valence-corrected chi connectivity index (χ2v) is 2.44. The van der Waals surface area contributed by atoms with Gasteiger partial charge in [0.25, 0.3) is 0 Å². The highest BCUT2D eigenvalue weighted by atomic mass is 32.1. The number of halogens is 6. The molecule has 0 amide bonds. The van der Waals surface area contributed by atoms with Gasteiger partial charge in [-0.05, 0) is 0 Å². The van der Waals surface area contributed by atoms with Crippen molar-refractivity contribution >= 4 is 18.3 Å². The third-order valence-corrected chi connectivity index (χ3v) is 1.50. The van der Waals surface area contributed by atoms with Crippen LogP contribution in [0.2, 0.25) is 0 Å². The maximum absolute atomic E-state index is 11.7. The molecule has 1 N–H and O–H groups in total. The van der Waals surface area contributed by atoms with Gasteiger partial charge in [0.15, 0.2) is 5.71 Å². The van der Waals surface area contributed by atoms with Crippen LogP contribution in [-0.4, -0.2) is 28.5 Å². The molecule has 0 bridgehead atoms. The molecule has 0 radical (unpaired) electrons. The standard InChI is InChI=1S/C4H3F6NOS/c5-3(6,7)1(11-12)2(13)4(8,9)10/h2,12-13H/b11-1-. The number of oxime groups is 1. The van der Waals surface area contributed by atoms with E-state index in [-0.39, 0.29) is 0 Å². The van der Waals surface area contributed by atoms with E-state index in [1.807, 2.05) is 0 Å². The van der Waals surface area contributed by atoms with E-state index in [9.17, 15) is 26.3 Å². The largest absolute Gasteiger partial charge is 0.434 e. The highest BCUT2D eigenvalue weighted by Crippen LogP contribution is 2.31. The van der Waals surface area contributed by atoms with E-state index < -0.39 is 23.3 Å². The molecule has 0 aromatic heterocycles. The summed E-state index contributed by atoms with van der Waals surface area (Å²) in [7, 11) is 0. The predicted molar refractivity (Wildman–Crippen MR) is 34.1 cm³/mol. The number of hydrogen-bond acceptors (Lipinski definition) is 3. The van der Waals surface area contributed by atoms with Gasteiger partial charge in [0, 0.05) is 0 Å². The summed E-state index contributed by atoms with van der Waals surface area (Å²) >= 11 is 2.64. The molecule has 1 atom stereocenters. The Labute approximate surface area is 73.6 Å². The first kappa shape index (κ1) is 12.4. The van der Waals surface area contributed by atoms with Gasteiger partial charge in [0.2, 0.25) is 0 Å². The van der Waals surface area contributed by atoms with Crippen molar-refractivity contribution in [1.29, 1.82) is 0 Å². The molecule has 0 aliphatic rings. The molecule has 0 aromatic rings. The predicted octanol–water partition coefficient (Wildman–Crippen LogP) is 2.24. The lowest BCUT2D eigenvalue weighted by Gasteiger charge is -2.17. The smallest absolute Gasteiger partial charge is 0.411 e. The number of alkyl halides is 6. The first-order chi connectivity index (χ1) is 5.60. The molecule has 78 valence electrons. The van der Waals surface area contributed by atoms with Crippen LogP contribution in [0.4, 0.5) is 26.3 Å². The van der Waals surface area contributed by atoms with E-state index >= 15 is 0 Å². The van der Waals surface area contributed by atoms with Gasteiger partial charge in [-0.2, -0.15) is 39.0 Å². The zero-order valence-corrected chi connectivity index (χ0v) is 6.58. The molecule has 0 aromatic carbocycles. The summed E-state index contributed by atoms with van der Waals surface area (Å²) in [6, 6.07) is 0. The van der Waals surface area contributed by atoms with E-state index in [0.717, 1.165) is 0 Å². The van der Waals surface area contributed by atoms with Crippen LogP contribution in [0.25, 0.3) is 0 Å². The van der Waals surface area contributed by atoms with Gasteiger partial charge in [0.1, 0.15) is 5.25 Å². The Morgan fingerprint density at radius 1 is 1.15 bits per heavy atom. The Hall–Kier alpha value is -0.600. The molecular formula is C4H3F6NOS. The Bertz CT molecular complexity index is 208. The van der Waals surface area contributed by atoms with Gasteiger partial charge in [-0.3, -0.25) is 0 Å². The lowest BCUT2D eigenvalue weighted by Crippen LogP contribution is -2.40. The number of thiol groups is 1. The summed E-state index contributed by atoms with van der Waals surface area (Å²) < 4.78 is 69.9. The number of rotatable bonds is 1. The molecule has 0 heterocycles. The minimum Gasteiger partial charge on any atom is -0.411 e. The fraction of sp³-hybridized carbons (Fsp3) is 0.750. The highest BCUT2D eigenvalue weighted by Gasteiger charge is 2.51. The molecular weight excluding hydrogens is 224 g/mol. The third-order valence-electron chi connectivity index (χ3n) is 0.967. The molecule has 0 rings (SSSR count). The molecule has 0 fully saturated rings. The Kier molecular flexibility index (Phi) is 3.47. The van der Waals surface area contributed by atoms with Gasteiger partial charge < -0.3 is 5.21 Å². The number of nitrogens with zero attached hydrogens (tertiary/aromatic N) is 1. The molecule has 0 saturated heterocycles. The second-order valence-electron chi connectivity index (χ2n) is 1.93. The summed E-state index contributed by atoms with van der Waals surface area (Å²) in [5, 5.41) is 6.09. The summed E-state index contributed by atoms with van der Waals surface area (Å²) in [5.74, 6) is 0. The monoisotopic (exact) mass is 227 g/mol. The van der Waals surface area contributed by atoms with E-state index in [1.165, 1.54) is 5.16 Å². The van der Waals surface area contributed by atoms with E-state index in [0.29, 0.717) is 0 Å². The maximum atomic E-state index is 11.7. The average Bonchev–Trinajstić information content (AvgIpc) is 1.83. The Balaban J connectivity index is 4.84. The quantitative estimate of drug-likeness (QED) is 0.232. The molecule has 9 heteroatoms. The fourth-order valence-electron chi connectivity index (χ4n) is 0.421. The number of hydrogen-bond donors (Lipinski definition) is 2. The van der Waals surface area contributed by atoms with Gasteiger partial charge in [-0.1, -0.05) is 5.16 Å². The van der Waals surface area contributed by atoms with E-state index in [2.05, 4.69) is 12.6 Å². The van der Waals surface area contributed by atoms with Crippen LogP contribution >= 0.6 is 12.6 Å². The molecule has 0 aliphatic heterocycles. The van der Waals surface area contributed by atoms with Crippen molar-refractivity contribution in [3.05, 3.63) is 0 Å². The lowest BCUT2D eigenvalue weighted by atomic mass is 10.2. The van der Waals surface area contributed by atoms with Crippen molar-refractivity contribution in [2.45, 2.75) is 17.6 Å². The molecule has 0 saturated carbocycles. The van der Waals surface area contributed by atoms with E-state index in [1.54, 1.807) is 0 Å².